The number of aliphatic imine (C=N–C) groups is 1. The summed E-state index contributed by atoms with van der Waals surface area (Å²) >= 11 is 0. The molecule has 3 rings (SSSR count). The van der Waals surface area contributed by atoms with Crippen molar-refractivity contribution in [1.82, 2.24) is 4.98 Å². The van der Waals surface area contributed by atoms with Gasteiger partial charge in [-0.3, -0.25) is 0 Å². The Morgan fingerprint density at radius 2 is 1.82 bits per heavy atom. The molecule has 0 spiro atoms. The van der Waals surface area contributed by atoms with Crippen LogP contribution < -0.4 is 10.5 Å². The summed E-state index contributed by atoms with van der Waals surface area (Å²) in [5.41, 5.74) is 8.43. The highest BCUT2D eigenvalue weighted by Crippen LogP contribution is 2.19. The molecule has 3 aromatic rings. The summed E-state index contributed by atoms with van der Waals surface area (Å²) in [6.45, 7) is 2.60. The zero-order valence-electron chi connectivity index (χ0n) is 12.4. The van der Waals surface area contributed by atoms with Gasteiger partial charge in [-0.05, 0) is 43.3 Å². The molecular formula is C18H17N3O. The largest absolute Gasteiger partial charge is 0.494 e. The van der Waals surface area contributed by atoms with E-state index in [-0.39, 0.29) is 0 Å². The average molecular weight is 291 g/mol. The Hall–Kier alpha value is -2.88. The second-order valence-electron chi connectivity index (χ2n) is 4.81. The quantitative estimate of drug-likeness (QED) is 0.589. The fraction of sp³-hybridized carbons (Fsp3) is 0.111. The van der Waals surface area contributed by atoms with Crippen molar-refractivity contribution in [3.05, 3.63) is 66.4 Å². The highest BCUT2D eigenvalue weighted by Gasteiger charge is 2.03. The second-order valence-corrected chi connectivity index (χ2v) is 4.81. The lowest BCUT2D eigenvalue weighted by Gasteiger charge is -2.04. The van der Waals surface area contributed by atoms with Crippen LogP contribution in [-0.4, -0.2) is 17.4 Å². The van der Waals surface area contributed by atoms with E-state index in [4.69, 9.17) is 10.5 Å². The Balaban J connectivity index is 1.88. The molecule has 4 heteroatoms. The van der Waals surface area contributed by atoms with E-state index in [0.29, 0.717) is 18.1 Å². The fourth-order valence-electron chi connectivity index (χ4n) is 2.19. The summed E-state index contributed by atoms with van der Waals surface area (Å²) in [6, 6.07) is 19.3. The molecule has 4 nitrogen and oxygen atoms in total. The van der Waals surface area contributed by atoms with Crippen LogP contribution in [0.3, 0.4) is 0 Å². The Kier molecular flexibility index (Phi) is 4.01. The van der Waals surface area contributed by atoms with E-state index in [2.05, 4.69) is 9.98 Å². The van der Waals surface area contributed by atoms with Gasteiger partial charge in [-0.2, -0.15) is 0 Å². The summed E-state index contributed by atoms with van der Waals surface area (Å²) < 4.78 is 5.41. The highest BCUT2D eigenvalue weighted by atomic mass is 16.5. The fourth-order valence-corrected chi connectivity index (χ4v) is 2.19. The molecule has 22 heavy (non-hydrogen) atoms. The number of hydrogen-bond donors (Lipinski definition) is 1. The number of para-hydroxylation sites is 1. The predicted molar refractivity (Wildman–Crippen MR) is 89.7 cm³/mol. The molecule has 1 aromatic heterocycles. The van der Waals surface area contributed by atoms with E-state index in [9.17, 15) is 0 Å². The van der Waals surface area contributed by atoms with E-state index in [1.54, 1.807) is 0 Å². The van der Waals surface area contributed by atoms with Crippen molar-refractivity contribution in [3.63, 3.8) is 0 Å². The van der Waals surface area contributed by atoms with Crippen molar-refractivity contribution in [3.8, 4) is 5.75 Å². The van der Waals surface area contributed by atoms with Gasteiger partial charge < -0.3 is 10.5 Å². The minimum absolute atomic E-state index is 0.398. The minimum Gasteiger partial charge on any atom is -0.494 e. The first-order valence-corrected chi connectivity index (χ1v) is 7.19. The molecule has 0 unspecified atom stereocenters. The van der Waals surface area contributed by atoms with Crippen molar-refractivity contribution in [1.29, 1.82) is 0 Å². The maximum absolute atomic E-state index is 6.07. The van der Waals surface area contributed by atoms with Crippen molar-refractivity contribution in [2.24, 2.45) is 10.7 Å². The number of hydrogen-bond acceptors (Lipinski definition) is 3. The third-order valence-electron chi connectivity index (χ3n) is 3.26. The molecule has 0 aliphatic carbocycles. The Morgan fingerprint density at radius 1 is 1.05 bits per heavy atom. The van der Waals surface area contributed by atoms with E-state index in [0.717, 1.165) is 22.3 Å². The molecule has 0 radical (unpaired) electrons. The molecule has 1 heterocycles. The number of nitrogens with zero attached hydrogens (tertiary/aromatic N) is 2. The molecular weight excluding hydrogens is 274 g/mol. The van der Waals surface area contributed by atoms with E-state index in [1.807, 2.05) is 67.6 Å². The average Bonchev–Trinajstić information content (AvgIpc) is 2.56. The second kappa shape index (κ2) is 6.26. The van der Waals surface area contributed by atoms with E-state index >= 15 is 0 Å². The lowest BCUT2D eigenvalue weighted by atomic mass is 10.2. The van der Waals surface area contributed by atoms with Crippen LogP contribution in [0.15, 0.2) is 65.7 Å². The number of rotatable bonds is 4. The lowest BCUT2D eigenvalue weighted by Crippen LogP contribution is -2.14. The number of benzene rings is 2. The minimum atomic E-state index is 0.398. The maximum Gasteiger partial charge on any atom is 0.150 e. The summed E-state index contributed by atoms with van der Waals surface area (Å²) in [6.07, 6.45) is 0. The smallest absolute Gasteiger partial charge is 0.150 e. The molecule has 0 saturated carbocycles. The molecule has 0 amide bonds. The van der Waals surface area contributed by atoms with Crippen LogP contribution in [0.1, 0.15) is 12.6 Å². The van der Waals surface area contributed by atoms with Crippen molar-refractivity contribution in [2.75, 3.05) is 6.61 Å². The molecule has 110 valence electrons. The summed E-state index contributed by atoms with van der Waals surface area (Å²) in [5.74, 6) is 1.22. The zero-order chi connectivity index (χ0) is 15.4. The third kappa shape index (κ3) is 3.06. The number of aromatic nitrogens is 1. The van der Waals surface area contributed by atoms with Crippen LogP contribution in [0.5, 0.6) is 5.75 Å². The van der Waals surface area contributed by atoms with Gasteiger partial charge in [0.2, 0.25) is 0 Å². The molecule has 2 aromatic carbocycles. The first kappa shape index (κ1) is 14.1. The standard InChI is InChI=1S/C18H17N3O/c1-2-22-15-10-8-14(9-11-15)20-18(19)17-12-7-13-5-3-4-6-16(13)21-17/h3-12H,2H2,1H3,(H2,19,20). The normalized spacial score (nSPS) is 11.6. The summed E-state index contributed by atoms with van der Waals surface area (Å²) in [4.78, 5) is 8.95. The van der Waals surface area contributed by atoms with Gasteiger partial charge in [-0.15, -0.1) is 0 Å². The van der Waals surface area contributed by atoms with Crippen LogP contribution in [0.25, 0.3) is 10.9 Å². The van der Waals surface area contributed by atoms with Gasteiger partial charge in [-0.25, -0.2) is 9.98 Å². The summed E-state index contributed by atoms with van der Waals surface area (Å²) in [7, 11) is 0. The van der Waals surface area contributed by atoms with E-state index in [1.165, 1.54) is 0 Å². The van der Waals surface area contributed by atoms with E-state index < -0.39 is 0 Å². The topological polar surface area (TPSA) is 60.5 Å². The third-order valence-corrected chi connectivity index (χ3v) is 3.26. The van der Waals surface area contributed by atoms with Crippen LogP contribution in [0.2, 0.25) is 0 Å². The van der Waals surface area contributed by atoms with Gasteiger partial charge in [0.15, 0.2) is 0 Å². The Morgan fingerprint density at radius 3 is 2.59 bits per heavy atom. The van der Waals surface area contributed by atoms with Crippen molar-refractivity contribution < 1.29 is 4.74 Å². The molecule has 0 saturated heterocycles. The molecule has 2 N–H and O–H groups in total. The first-order chi connectivity index (χ1) is 10.8. The van der Waals surface area contributed by atoms with Gasteiger partial charge in [0.05, 0.1) is 17.8 Å². The van der Waals surface area contributed by atoms with Gasteiger partial charge in [0.25, 0.3) is 0 Å². The zero-order valence-corrected chi connectivity index (χ0v) is 12.4. The Labute approximate surface area is 129 Å². The van der Waals surface area contributed by atoms with Gasteiger partial charge in [0, 0.05) is 5.39 Å². The van der Waals surface area contributed by atoms with Crippen LogP contribution in [0, 0.1) is 0 Å². The number of pyridine rings is 1. The van der Waals surface area contributed by atoms with Gasteiger partial charge in [0.1, 0.15) is 17.3 Å². The predicted octanol–water partition coefficient (Wildman–Crippen LogP) is 3.67. The molecule has 0 aliphatic heterocycles. The molecule has 0 atom stereocenters. The van der Waals surface area contributed by atoms with Gasteiger partial charge >= 0.3 is 0 Å². The van der Waals surface area contributed by atoms with Crippen LogP contribution in [-0.2, 0) is 0 Å². The highest BCUT2D eigenvalue weighted by molar-refractivity contribution is 5.99. The van der Waals surface area contributed by atoms with Crippen molar-refractivity contribution in [2.45, 2.75) is 6.92 Å². The maximum atomic E-state index is 6.07. The number of ether oxygens (including phenoxy) is 1. The number of nitrogens with two attached hydrogens (primary N) is 1. The molecule has 0 bridgehead atoms. The SMILES string of the molecule is CCOc1ccc(N=C(N)c2ccc3ccccc3n2)cc1. The first-order valence-electron chi connectivity index (χ1n) is 7.19. The molecule has 0 aliphatic rings. The Bertz CT molecular complexity index is 810. The van der Waals surface area contributed by atoms with Crippen LogP contribution >= 0.6 is 0 Å². The van der Waals surface area contributed by atoms with Gasteiger partial charge in [-0.1, -0.05) is 24.3 Å². The number of fused-ring (bicyclic) bond motifs is 1. The van der Waals surface area contributed by atoms with Crippen molar-refractivity contribution >= 4 is 22.4 Å². The van der Waals surface area contributed by atoms with Crippen LogP contribution in [0.4, 0.5) is 5.69 Å². The summed E-state index contributed by atoms with van der Waals surface area (Å²) in [5, 5.41) is 1.08. The molecule has 0 fully saturated rings. The number of amidine groups is 1. The lowest BCUT2D eigenvalue weighted by molar-refractivity contribution is 0.340. The monoisotopic (exact) mass is 291 g/mol.